The van der Waals surface area contributed by atoms with Gasteiger partial charge in [-0.05, 0) is 38.1 Å². The molecular formula is C15H20ClN3O. The molecule has 0 radical (unpaired) electrons. The predicted molar refractivity (Wildman–Crippen MR) is 82.4 cm³/mol. The van der Waals surface area contributed by atoms with E-state index in [2.05, 4.69) is 16.5 Å². The van der Waals surface area contributed by atoms with E-state index < -0.39 is 0 Å². The predicted octanol–water partition coefficient (Wildman–Crippen LogP) is 3.48. The van der Waals surface area contributed by atoms with Crippen molar-refractivity contribution >= 4 is 17.3 Å². The van der Waals surface area contributed by atoms with Gasteiger partial charge in [0.1, 0.15) is 5.75 Å². The Morgan fingerprint density at radius 1 is 1.35 bits per heavy atom. The average Bonchev–Trinajstić information content (AvgIpc) is 2.76. The normalized spacial score (nSPS) is 10.6. The van der Waals surface area contributed by atoms with Gasteiger partial charge < -0.3 is 10.1 Å². The van der Waals surface area contributed by atoms with Crippen molar-refractivity contribution in [1.82, 2.24) is 9.78 Å². The maximum Gasteiger partial charge on any atom is 0.123 e. The highest BCUT2D eigenvalue weighted by Gasteiger charge is 2.05. The molecule has 0 aliphatic heterocycles. The lowest BCUT2D eigenvalue weighted by molar-refractivity contribution is 0.337. The van der Waals surface area contributed by atoms with Crippen molar-refractivity contribution in [3.05, 3.63) is 41.2 Å². The van der Waals surface area contributed by atoms with E-state index in [1.54, 1.807) is 0 Å². The number of hydrogen-bond acceptors (Lipinski definition) is 3. The van der Waals surface area contributed by atoms with Crippen LogP contribution in [0, 0.1) is 6.92 Å². The summed E-state index contributed by atoms with van der Waals surface area (Å²) in [7, 11) is 1.95. The first-order valence-corrected chi connectivity index (χ1v) is 7.22. The molecule has 0 aliphatic rings. The minimum atomic E-state index is 0.440. The zero-order chi connectivity index (χ0) is 14.5. The number of halogens is 1. The van der Waals surface area contributed by atoms with Crippen LogP contribution in [0.2, 0.25) is 0 Å². The van der Waals surface area contributed by atoms with Crippen LogP contribution in [0.15, 0.2) is 24.3 Å². The molecule has 0 amide bonds. The Kier molecular flexibility index (Phi) is 4.90. The minimum Gasteiger partial charge on any atom is -0.494 e. The van der Waals surface area contributed by atoms with Gasteiger partial charge >= 0.3 is 0 Å². The molecule has 1 aromatic heterocycles. The summed E-state index contributed by atoms with van der Waals surface area (Å²) in [6, 6.07) is 8.06. The standard InChI is InChI=1S/C15H20ClN3O/c1-4-20-15-6-5-13(8-12(15)9-16)17-10-14-7-11(2)18-19(14)3/h5-8,17H,4,9-10H2,1-3H3. The second-order valence-electron chi connectivity index (χ2n) is 4.64. The van der Waals surface area contributed by atoms with Crippen molar-refractivity contribution in [3.8, 4) is 5.75 Å². The van der Waals surface area contributed by atoms with Crippen LogP contribution in [-0.4, -0.2) is 16.4 Å². The van der Waals surface area contributed by atoms with E-state index in [1.165, 1.54) is 0 Å². The molecule has 108 valence electrons. The van der Waals surface area contributed by atoms with Crippen LogP contribution >= 0.6 is 11.6 Å². The van der Waals surface area contributed by atoms with Crippen LogP contribution in [-0.2, 0) is 19.5 Å². The fraction of sp³-hybridized carbons (Fsp3) is 0.400. The third kappa shape index (κ3) is 3.45. The number of nitrogens with one attached hydrogen (secondary N) is 1. The smallest absolute Gasteiger partial charge is 0.123 e. The maximum absolute atomic E-state index is 5.96. The molecule has 0 saturated heterocycles. The van der Waals surface area contributed by atoms with E-state index in [0.29, 0.717) is 12.5 Å². The zero-order valence-electron chi connectivity index (χ0n) is 12.1. The van der Waals surface area contributed by atoms with Crippen molar-refractivity contribution in [2.75, 3.05) is 11.9 Å². The molecule has 1 heterocycles. The number of rotatable bonds is 6. The molecule has 1 aromatic carbocycles. The van der Waals surface area contributed by atoms with Crippen molar-refractivity contribution in [2.24, 2.45) is 7.05 Å². The van der Waals surface area contributed by atoms with Crippen LogP contribution in [0.5, 0.6) is 5.75 Å². The third-order valence-electron chi connectivity index (χ3n) is 3.08. The summed E-state index contributed by atoms with van der Waals surface area (Å²) in [6.07, 6.45) is 0. The van der Waals surface area contributed by atoms with E-state index in [9.17, 15) is 0 Å². The van der Waals surface area contributed by atoms with Gasteiger partial charge in [0.25, 0.3) is 0 Å². The number of hydrogen-bond donors (Lipinski definition) is 1. The van der Waals surface area contributed by atoms with Gasteiger partial charge in [0.15, 0.2) is 0 Å². The summed E-state index contributed by atoms with van der Waals surface area (Å²) in [6.45, 7) is 5.33. The van der Waals surface area contributed by atoms with Crippen LogP contribution in [0.25, 0.3) is 0 Å². The van der Waals surface area contributed by atoms with Crippen molar-refractivity contribution in [2.45, 2.75) is 26.3 Å². The summed E-state index contributed by atoms with van der Waals surface area (Å²) in [4.78, 5) is 0. The highest BCUT2D eigenvalue weighted by atomic mass is 35.5. The van der Waals surface area contributed by atoms with Gasteiger partial charge in [-0.15, -0.1) is 11.6 Å². The lowest BCUT2D eigenvalue weighted by Crippen LogP contribution is -2.06. The summed E-state index contributed by atoms with van der Waals surface area (Å²) < 4.78 is 7.43. The minimum absolute atomic E-state index is 0.440. The highest BCUT2D eigenvalue weighted by molar-refractivity contribution is 6.17. The molecule has 0 atom stereocenters. The number of benzene rings is 1. The number of anilines is 1. The van der Waals surface area contributed by atoms with Crippen LogP contribution in [0.4, 0.5) is 5.69 Å². The zero-order valence-corrected chi connectivity index (χ0v) is 12.9. The lowest BCUT2D eigenvalue weighted by Gasteiger charge is -2.12. The van der Waals surface area contributed by atoms with Gasteiger partial charge in [0.05, 0.1) is 30.4 Å². The summed E-state index contributed by atoms with van der Waals surface area (Å²) >= 11 is 5.96. The quantitative estimate of drug-likeness (QED) is 0.829. The van der Waals surface area contributed by atoms with E-state index in [-0.39, 0.29) is 0 Å². The Hall–Kier alpha value is -1.68. The summed E-state index contributed by atoms with van der Waals surface area (Å²) in [5.74, 6) is 1.29. The Morgan fingerprint density at radius 3 is 2.75 bits per heavy atom. The van der Waals surface area contributed by atoms with E-state index >= 15 is 0 Å². The molecule has 2 rings (SSSR count). The SMILES string of the molecule is CCOc1ccc(NCc2cc(C)nn2C)cc1CCl. The lowest BCUT2D eigenvalue weighted by atomic mass is 10.2. The van der Waals surface area contributed by atoms with Crippen molar-refractivity contribution < 1.29 is 4.74 Å². The van der Waals surface area contributed by atoms with Gasteiger partial charge in [-0.25, -0.2) is 0 Å². The van der Waals surface area contributed by atoms with Crippen LogP contribution < -0.4 is 10.1 Å². The molecule has 0 bridgehead atoms. The van der Waals surface area contributed by atoms with E-state index in [1.807, 2.05) is 43.8 Å². The van der Waals surface area contributed by atoms with Gasteiger partial charge in [-0.3, -0.25) is 4.68 Å². The molecule has 0 saturated carbocycles. The fourth-order valence-corrected chi connectivity index (χ4v) is 2.32. The fourth-order valence-electron chi connectivity index (χ4n) is 2.11. The molecule has 1 N–H and O–H groups in total. The van der Waals surface area contributed by atoms with Gasteiger partial charge in [-0.2, -0.15) is 5.10 Å². The molecule has 20 heavy (non-hydrogen) atoms. The first kappa shape index (κ1) is 14.7. The largest absolute Gasteiger partial charge is 0.494 e. The average molecular weight is 294 g/mol. The van der Waals surface area contributed by atoms with Crippen molar-refractivity contribution in [1.29, 1.82) is 0 Å². The van der Waals surface area contributed by atoms with E-state index in [4.69, 9.17) is 16.3 Å². The molecule has 0 fully saturated rings. The first-order valence-electron chi connectivity index (χ1n) is 6.69. The van der Waals surface area contributed by atoms with Gasteiger partial charge in [0.2, 0.25) is 0 Å². The molecule has 0 unspecified atom stereocenters. The Labute approximate surface area is 124 Å². The third-order valence-corrected chi connectivity index (χ3v) is 3.36. The van der Waals surface area contributed by atoms with Crippen molar-refractivity contribution in [3.63, 3.8) is 0 Å². The van der Waals surface area contributed by atoms with E-state index in [0.717, 1.165) is 34.9 Å². The number of aromatic nitrogens is 2. The molecule has 4 nitrogen and oxygen atoms in total. The molecule has 5 heteroatoms. The molecule has 2 aromatic rings. The number of nitrogens with zero attached hydrogens (tertiary/aromatic N) is 2. The van der Waals surface area contributed by atoms with Gasteiger partial charge in [0, 0.05) is 18.3 Å². The molecule has 0 aliphatic carbocycles. The highest BCUT2D eigenvalue weighted by Crippen LogP contribution is 2.24. The van der Waals surface area contributed by atoms with Gasteiger partial charge in [-0.1, -0.05) is 0 Å². The Bertz CT molecular complexity index is 580. The topological polar surface area (TPSA) is 39.1 Å². The monoisotopic (exact) mass is 293 g/mol. The van der Waals surface area contributed by atoms with Crippen LogP contribution in [0.1, 0.15) is 23.9 Å². The maximum atomic E-state index is 5.96. The Morgan fingerprint density at radius 2 is 2.15 bits per heavy atom. The second kappa shape index (κ2) is 6.66. The summed E-state index contributed by atoms with van der Waals surface area (Å²) in [5, 5.41) is 7.72. The summed E-state index contributed by atoms with van der Waals surface area (Å²) in [5.41, 5.74) is 4.20. The molecular weight excluding hydrogens is 274 g/mol. The number of ether oxygens (including phenoxy) is 1. The number of alkyl halides is 1. The van der Waals surface area contributed by atoms with Crippen LogP contribution in [0.3, 0.4) is 0 Å². The Balaban J connectivity index is 2.08. The molecule has 0 spiro atoms. The second-order valence-corrected chi connectivity index (χ2v) is 4.91. The number of aryl methyl sites for hydroxylation is 2. The first-order chi connectivity index (χ1) is 9.63.